The summed E-state index contributed by atoms with van der Waals surface area (Å²) >= 11 is 1.71. The Morgan fingerprint density at radius 2 is 1.68 bits per heavy atom. The maximum absolute atomic E-state index is 12.9. The summed E-state index contributed by atoms with van der Waals surface area (Å²) in [7, 11) is 0. The van der Waals surface area contributed by atoms with Gasteiger partial charge in [0, 0.05) is 22.6 Å². The van der Waals surface area contributed by atoms with E-state index in [2.05, 4.69) is 36.9 Å². The van der Waals surface area contributed by atoms with E-state index < -0.39 is 0 Å². The highest BCUT2D eigenvalue weighted by atomic mass is 32.2. The first-order valence-electron chi connectivity index (χ1n) is 7.63. The molecule has 0 atom stereocenters. The van der Waals surface area contributed by atoms with Crippen LogP contribution in [0.5, 0.6) is 0 Å². The zero-order valence-corrected chi connectivity index (χ0v) is 13.7. The second-order valence-corrected chi connectivity index (χ2v) is 6.18. The molecule has 3 heteroatoms. The van der Waals surface area contributed by atoms with E-state index in [1.165, 1.54) is 10.6 Å². The Hall–Kier alpha value is -2.00. The van der Waals surface area contributed by atoms with Crippen molar-refractivity contribution in [3.63, 3.8) is 0 Å². The second kappa shape index (κ2) is 6.41. The van der Waals surface area contributed by atoms with Crippen molar-refractivity contribution in [2.45, 2.75) is 25.2 Å². The number of hydrogen-bond donors (Lipinski definition) is 0. The van der Waals surface area contributed by atoms with Crippen LogP contribution in [0, 0.1) is 0 Å². The minimum Gasteiger partial charge on any atom is -0.335 e. The predicted molar refractivity (Wildman–Crippen MR) is 93.4 cm³/mol. The number of thioether (sulfide) groups is 1. The Balaban J connectivity index is 2.06. The van der Waals surface area contributed by atoms with Crippen molar-refractivity contribution in [1.82, 2.24) is 0 Å². The number of ketones is 1. The van der Waals surface area contributed by atoms with E-state index in [-0.39, 0.29) is 5.78 Å². The van der Waals surface area contributed by atoms with Gasteiger partial charge in [0.2, 0.25) is 0 Å². The fraction of sp³-hybridized carbons (Fsp3) is 0.211. The van der Waals surface area contributed by atoms with Crippen LogP contribution in [-0.2, 0) is 0 Å². The van der Waals surface area contributed by atoms with Crippen LogP contribution < -0.4 is 4.90 Å². The molecule has 1 aliphatic heterocycles. The summed E-state index contributed by atoms with van der Waals surface area (Å²) in [6, 6.07) is 17.9. The average molecular weight is 309 g/mol. The van der Waals surface area contributed by atoms with Gasteiger partial charge in [0.1, 0.15) is 0 Å². The average Bonchev–Trinajstić information content (AvgIpc) is 2.94. The molecule has 1 aliphatic rings. The highest BCUT2D eigenvalue weighted by Gasteiger charge is 2.28. The molecule has 0 aliphatic carbocycles. The molecule has 0 N–H and O–H groups in total. The number of fused-ring (bicyclic) bond motifs is 1. The van der Waals surface area contributed by atoms with E-state index >= 15 is 0 Å². The highest BCUT2D eigenvalue weighted by Crippen LogP contribution is 2.47. The van der Waals surface area contributed by atoms with E-state index in [0.717, 1.165) is 29.1 Å². The Kier molecular flexibility index (Phi) is 4.34. The lowest BCUT2D eigenvalue weighted by Gasteiger charge is -2.20. The molecular weight excluding hydrogens is 290 g/mol. The molecule has 0 aromatic heterocycles. The van der Waals surface area contributed by atoms with E-state index in [4.69, 9.17) is 0 Å². The van der Waals surface area contributed by atoms with Gasteiger partial charge >= 0.3 is 0 Å². The van der Waals surface area contributed by atoms with E-state index in [9.17, 15) is 4.79 Å². The predicted octanol–water partition coefficient (Wildman–Crippen LogP) is 5.12. The molecule has 1 heterocycles. The van der Waals surface area contributed by atoms with Crippen molar-refractivity contribution in [3.05, 3.63) is 70.8 Å². The number of para-hydroxylation sites is 1. The van der Waals surface area contributed by atoms with Gasteiger partial charge in [-0.25, -0.2) is 0 Å². The topological polar surface area (TPSA) is 20.3 Å². The largest absolute Gasteiger partial charge is 0.335 e. The molecular formula is C19H19NOS. The maximum Gasteiger partial charge on any atom is 0.191 e. The van der Waals surface area contributed by atoms with Crippen molar-refractivity contribution in [2.24, 2.45) is 0 Å². The molecule has 0 fully saturated rings. The number of Topliss-reactive ketones (excluding diaryl/α,β-unsaturated/α-hetero) is 1. The van der Waals surface area contributed by atoms with Crippen LogP contribution in [0.1, 0.15) is 30.6 Å². The Labute approximate surface area is 135 Å². The molecule has 0 spiro atoms. The van der Waals surface area contributed by atoms with Gasteiger partial charge in [-0.3, -0.25) is 4.79 Å². The van der Waals surface area contributed by atoms with Crippen molar-refractivity contribution in [1.29, 1.82) is 0 Å². The first-order chi connectivity index (χ1) is 10.8. The van der Waals surface area contributed by atoms with Gasteiger partial charge in [-0.05, 0) is 25.5 Å². The van der Waals surface area contributed by atoms with Crippen molar-refractivity contribution in [3.8, 4) is 0 Å². The van der Waals surface area contributed by atoms with Crippen molar-refractivity contribution >= 4 is 23.2 Å². The Morgan fingerprint density at radius 1 is 1.00 bits per heavy atom. The zero-order chi connectivity index (χ0) is 15.5. The number of carbonyl (C=O) groups excluding carboxylic acids is 1. The number of nitrogens with zero attached hydrogens (tertiary/aromatic N) is 1. The lowest BCUT2D eigenvalue weighted by atomic mass is 10.0. The van der Waals surface area contributed by atoms with Crippen molar-refractivity contribution < 1.29 is 4.79 Å². The lowest BCUT2D eigenvalue weighted by molar-refractivity contribution is 0.103. The number of hydrogen-bond acceptors (Lipinski definition) is 3. The van der Waals surface area contributed by atoms with Gasteiger partial charge in [0.15, 0.2) is 5.78 Å². The van der Waals surface area contributed by atoms with E-state index in [0.29, 0.717) is 0 Å². The summed E-state index contributed by atoms with van der Waals surface area (Å²) in [5.74, 6) is 0.136. The number of carbonyl (C=O) groups is 1. The van der Waals surface area contributed by atoms with E-state index in [1.54, 1.807) is 11.8 Å². The highest BCUT2D eigenvalue weighted by molar-refractivity contribution is 8.03. The van der Waals surface area contributed by atoms with Gasteiger partial charge in [0.05, 0.1) is 10.7 Å². The SMILES string of the molecule is CC/C(C(=O)c1ccccc1)=C1/Sc2ccccc2N1CC. The van der Waals surface area contributed by atoms with Crippen LogP contribution in [-0.4, -0.2) is 12.3 Å². The molecule has 112 valence electrons. The van der Waals surface area contributed by atoms with Crippen molar-refractivity contribution in [2.75, 3.05) is 11.4 Å². The van der Waals surface area contributed by atoms with Crippen LogP contribution >= 0.6 is 11.8 Å². The molecule has 0 unspecified atom stereocenters. The second-order valence-electron chi connectivity index (χ2n) is 5.15. The molecule has 0 radical (unpaired) electrons. The van der Waals surface area contributed by atoms with Gasteiger partial charge in [0.25, 0.3) is 0 Å². The normalized spacial score (nSPS) is 15.6. The number of anilines is 1. The minimum atomic E-state index is 0.136. The van der Waals surface area contributed by atoms with Crippen LogP contribution in [0.15, 0.2) is 70.1 Å². The molecule has 0 bridgehead atoms. The molecule has 0 saturated carbocycles. The molecule has 22 heavy (non-hydrogen) atoms. The third kappa shape index (κ3) is 2.57. The summed E-state index contributed by atoms with van der Waals surface area (Å²) in [6.45, 7) is 5.05. The van der Waals surface area contributed by atoms with Gasteiger partial charge in [-0.15, -0.1) is 0 Å². The third-order valence-electron chi connectivity index (χ3n) is 3.85. The molecule has 3 rings (SSSR count). The number of rotatable bonds is 4. The zero-order valence-electron chi connectivity index (χ0n) is 12.9. The Bertz CT molecular complexity index is 721. The van der Waals surface area contributed by atoms with Gasteiger partial charge < -0.3 is 4.90 Å². The summed E-state index contributed by atoms with van der Waals surface area (Å²) in [6.07, 6.45) is 0.737. The van der Waals surface area contributed by atoms with Gasteiger partial charge in [-0.1, -0.05) is 61.2 Å². The molecule has 2 aromatic rings. The molecule has 2 aromatic carbocycles. The monoisotopic (exact) mass is 309 g/mol. The van der Waals surface area contributed by atoms with Crippen LogP contribution in [0.4, 0.5) is 5.69 Å². The first kappa shape index (κ1) is 14.9. The Morgan fingerprint density at radius 3 is 2.36 bits per heavy atom. The fourth-order valence-electron chi connectivity index (χ4n) is 2.75. The summed E-state index contributed by atoms with van der Waals surface area (Å²) < 4.78 is 0. The summed E-state index contributed by atoms with van der Waals surface area (Å²) in [5, 5.41) is 1.08. The van der Waals surface area contributed by atoms with Crippen LogP contribution in [0.25, 0.3) is 0 Å². The number of benzene rings is 2. The van der Waals surface area contributed by atoms with Gasteiger partial charge in [-0.2, -0.15) is 0 Å². The standard InChI is InChI=1S/C19H19NOS/c1-3-15(18(21)14-10-6-5-7-11-14)19-20(4-2)16-12-8-9-13-17(16)22-19/h5-13H,3-4H2,1-2H3/b19-15-. The fourth-order valence-corrected chi connectivity index (χ4v) is 4.08. The van der Waals surface area contributed by atoms with Crippen LogP contribution in [0.3, 0.4) is 0 Å². The molecule has 2 nitrogen and oxygen atoms in total. The summed E-state index contributed by atoms with van der Waals surface area (Å²) in [5.41, 5.74) is 2.87. The minimum absolute atomic E-state index is 0.136. The first-order valence-corrected chi connectivity index (χ1v) is 8.45. The van der Waals surface area contributed by atoms with Crippen LogP contribution in [0.2, 0.25) is 0 Å². The quantitative estimate of drug-likeness (QED) is 0.577. The van der Waals surface area contributed by atoms with E-state index in [1.807, 2.05) is 36.4 Å². The number of allylic oxidation sites excluding steroid dienone is 1. The molecule has 0 amide bonds. The third-order valence-corrected chi connectivity index (χ3v) is 5.07. The lowest BCUT2D eigenvalue weighted by Crippen LogP contribution is -2.20. The smallest absolute Gasteiger partial charge is 0.191 e. The molecule has 0 saturated heterocycles. The maximum atomic E-state index is 12.9. The summed E-state index contributed by atoms with van der Waals surface area (Å²) in [4.78, 5) is 16.4.